The standard InChI is InChI=1S/C22H28N2O5S/c1-23(15-13-17-11-12-20(28-2)21(16-17)29-3)22(25)19-10-7-14-24(19)30(26,27)18-8-5-4-6-9-18/h4-6,8-9,11-12,16,19H,7,10,13-15H2,1-3H3. The zero-order valence-electron chi connectivity index (χ0n) is 17.6. The molecule has 1 amide bonds. The number of hydrogen-bond donors (Lipinski definition) is 0. The van der Waals surface area contributed by atoms with Crippen molar-refractivity contribution in [2.75, 3.05) is 34.4 Å². The van der Waals surface area contributed by atoms with Gasteiger partial charge in [-0.1, -0.05) is 24.3 Å². The van der Waals surface area contributed by atoms with E-state index >= 15 is 0 Å². The van der Waals surface area contributed by atoms with E-state index in [2.05, 4.69) is 0 Å². The maximum Gasteiger partial charge on any atom is 0.243 e. The lowest BCUT2D eigenvalue weighted by molar-refractivity contribution is -0.133. The molecule has 2 aromatic rings. The smallest absolute Gasteiger partial charge is 0.243 e. The number of ether oxygens (including phenoxy) is 2. The van der Waals surface area contributed by atoms with Crippen LogP contribution in [0, 0.1) is 0 Å². The second kappa shape index (κ2) is 9.49. The lowest BCUT2D eigenvalue weighted by atomic mass is 10.1. The minimum Gasteiger partial charge on any atom is -0.493 e. The second-order valence-electron chi connectivity index (χ2n) is 7.29. The number of nitrogens with zero attached hydrogens (tertiary/aromatic N) is 2. The third-order valence-electron chi connectivity index (χ3n) is 5.40. The van der Waals surface area contributed by atoms with Gasteiger partial charge >= 0.3 is 0 Å². The lowest BCUT2D eigenvalue weighted by Gasteiger charge is -2.27. The number of amides is 1. The molecule has 1 atom stereocenters. The molecule has 1 heterocycles. The van der Waals surface area contributed by atoms with Gasteiger partial charge in [0.15, 0.2) is 11.5 Å². The largest absolute Gasteiger partial charge is 0.493 e. The number of likely N-dealkylation sites (N-methyl/N-ethyl adjacent to an activating group) is 1. The molecule has 0 radical (unpaired) electrons. The molecule has 0 N–H and O–H groups in total. The highest BCUT2D eigenvalue weighted by Gasteiger charge is 2.40. The quantitative estimate of drug-likeness (QED) is 0.641. The summed E-state index contributed by atoms with van der Waals surface area (Å²) < 4.78 is 37.9. The molecule has 0 aromatic heterocycles. The minimum absolute atomic E-state index is 0.174. The van der Waals surface area contributed by atoms with Crippen molar-refractivity contribution in [1.82, 2.24) is 9.21 Å². The second-order valence-corrected chi connectivity index (χ2v) is 9.18. The number of carbonyl (C=O) groups excluding carboxylic acids is 1. The van der Waals surface area contributed by atoms with Crippen LogP contribution in [0.25, 0.3) is 0 Å². The monoisotopic (exact) mass is 432 g/mol. The Morgan fingerprint density at radius 1 is 1.10 bits per heavy atom. The van der Waals surface area contributed by atoms with Crippen LogP contribution in [-0.2, 0) is 21.2 Å². The van der Waals surface area contributed by atoms with Gasteiger partial charge < -0.3 is 14.4 Å². The number of carbonyl (C=O) groups is 1. The molecule has 30 heavy (non-hydrogen) atoms. The molecular formula is C22H28N2O5S. The van der Waals surface area contributed by atoms with E-state index in [4.69, 9.17) is 9.47 Å². The van der Waals surface area contributed by atoms with Gasteiger partial charge in [-0.05, 0) is 49.1 Å². The van der Waals surface area contributed by atoms with Gasteiger partial charge in [-0.2, -0.15) is 4.31 Å². The zero-order valence-corrected chi connectivity index (χ0v) is 18.4. The summed E-state index contributed by atoms with van der Waals surface area (Å²) in [6.45, 7) is 0.835. The van der Waals surface area contributed by atoms with Crippen molar-refractivity contribution >= 4 is 15.9 Å². The summed E-state index contributed by atoms with van der Waals surface area (Å²) in [6, 6.07) is 13.3. The molecule has 162 valence electrons. The van der Waals surface area contributed by atoms with Crippen molar-refractivity contribution in [2.45, 2.75) is 30.2 Å². The number of rotatable bonds is 8. The Labute approximate surface area is 178 Å². The molecular weight excluding hydrogens is 404 g/mol. The molecule has 2 aromatic carbocycles. The van der Waals surface area contributed by atoms with Crippen LogP contribution in [0.3, 0.4) is 0 Å². The van der Waals surface area contributed by atoms with Crippen molar-refractivity contribution in [3.05, 3.63) is 54.1 Å². The van der Waals surface area contributed by atoms with Crippen LogP contribution in [0.4, 0.5) is 0 Å². The first-order valence-corrected chi connectivity index (χ1v) is 11.3. The van der Waals surface area contributed by atoms with Gasteiger partial charge in [-0.25, -0.2) is 8.42 Å². The van der Waals surface area contributed by atoms with Crippen molar-refractivity contribution < 1.29 is 22.7 Å². The average molecular weight is 433 g/mol. The van der Waals surface area contributed by atoms with Crippen molar-refractivity contribution in [3.8, 4) is 11.5 Å². The van der Waals surface area contributed by atoms with E-state index in [0.29, 0.717) is 43.9 Å². The van der Waals surface area contributed by atoms with Crippen LogP contribution in [0.5, 0.6) is 11.5 Å². The summed E-state index contributed by atoms with van der Waals surface area (Å²) in [6.07, 6.45) is 1.83. The fourth-order valence-electron chi connectivity index (χ4n) is 3.70. The van der Waals surface area contributed by atoms with Gasteiger partial charge in [0, 0.05) is 20.1 Å². The van der Waals surface area contributed by atoms with E-state index < -0.39 is 16.1 Å². The van der Waals surface area contributed by atoms with Crippen LogP contribution in [-0.4, -0.2) is 63.9 Å². The summed E-state index contributed by atoms with van der Waals surface area (Å²) >= 11 is 0. The first-order valence-electron chi connectivity index (χ1n) is 9.91. The summed E-state index contributed by atoms with van der Waals surface area (Å²) in [5, 5.41) is 0. The Bertz CT molecular complexity index is 978. The van der Waals surface area contributed by atoms with Crippen LogP contribution in [0.15, 0.2) is 53.4 Å². The van der Waals surface area contributed by atoms with Crippen LogP contribution in [0.2, 0.25) is 0 Å². The number of hydrogen-bond acceptors (Lipinski definition) is 5. The van der Waals surface area contributed by atoms with Crippen molar-refractivity contribution in [1.29, 1.82) is 0 Å². The number of benzene rings is 2. The molecule has 1 fully saturated rings. The van der Waals surface area contributed by atoms with Crippen molar-refractivity contribution in [2.24, 2.45) is 0 Å². The van der Waals surface area contributed by atoms with E-state index in [1.807, 2.05) is 18.2 Å². The van der Waals surface area contributed by atoms with Crippen LogP contribution >= 0.6 is 0 Å². The summed E-state index contributed by atoms with van der Waals surface area (Å²) in [5.74, 6) is 1.12. The van der Waals surface area contributed by atoms with Gasteiger partial charge in [0.05, 0.1) is 19.1 Å². The van der Waals surface area contributed by atoms with Gasteiger partial charge in [0.2, 0.25) is 15.9 Å². The van der Waals surface area contributed by atoms with E-state index in [1.165, 1.54) is 4.31 Å². The van der Waals surface area contributed by atoms with Gasteiger partial charge in [0.1, 0.15) is 6.04 Å². The van der Waals surface area contributed by atoms with Crippen molar-refractivity contribution in [3.63, 3.8) is 0 Å². The topological polar surface area (TPSA) is 76.2 Å². The van der Waals surface area contributed by atoms with Crippen LogP contribution < -0.4 is 9.47 Å². The van der Waals surface area contributed by atoms with Crippen LogP contribution in [0.1, 0.15) is 18.4 Å². The molecule has 1 saturated heterocycles. The first-order chi connectivity index (χ1) is 14.4. The predicted molar refractivity (Wildman–Crippen MR) is 114 cm³/mol. The highest BCUT2D eigenvalue weighted by atomic mass is 32.2. The summed E-state index contributed by atoms with van der Waals surface area (Å²) in [7, 11) is 1.19. The maximum atomic E-state index is 13.1. The van der Waals surface area contributed by atoms with E-state index in [1.54, 1.807) is 56.5 Å². The first kappa shape index (κ1) is 22.1. The molecule has 7 nitrogen and oxygen atoms in total. The van der Waals surface area contributed by atoms with Gasteiger partial charge in [-0.15, -0.1) is 0 Å². The zero-order chi connectivity index (χ0) is 21.7. The van der Waals surface area contributed by atoms with Gasteiger partial charge in [0.25, 0.3) is 0 Å². The minimum atomic E-state index is -3.69. The summed E-state index contributed by atoms with van der Waals surface area (Å²) in [4.78, 5) is 14.9. The third kappa shape index (κ3) is 4.60. The fraction of sp³-hybridized carbons (Fsp3) is 0.409. The highest BCUT2D eigenvalue weighted by molar-refractivity contribution is 7.89. The van der Waals surface area contributed by atoms with Gasteiger partial charge in [-0.3, -0.25) is 4.79 Å². The molecule has 0 saturated carbocycles. The average Bonchev–Trinajstić information content (AvgIpc) is 3.28. The summed E-state index contributed by atoms with van der Waals surface area (Å²) in [5.41, 5.74) is 1.01. The molecule has 0 aliphatic carbocycles. The molecule has 8 heteroatoms. The Hall–Kier alpha value is -2.58. The molecule has 1 unspecified atom stereocenters. The maximum absolute atomic E-state index is 13.1. The lowest BCUT2D eigenvalue weighted by Crippen LogP contribution is -2.46. The predicted octanol–water partition coefficient (Wildman–Crippen LogP) is 2.56. The molecule has 0 spiro atoms. The molecule has 0 bridgehead atoms. The van der Waals surface area contributed by atoms with E-state index in [9.17, 15) is 13.2 Å². The number of sulfonamides is 1. The number of methoxy groups -OCH3 is 2. The third-order valence-corrected chi connectivity index (χ3v) is 7.32. The Balaban J connectivity index is 1.68. The Morgan fingerprint density at radius 3 is 2.47 bits per heavy atom. The highest BCUT2D eigenvalue weighted by Crippen LogP contribution is 2.29. The normalized spacial score (nSPS) is 17.0. The Morgan fingerprint density at radius 2 is 1.80 bits per heavy atom. The molecule has 1 aliphatic heterocycles. The fourth-order valence-corrected chi connectivity index (χ4v) is 5.37. The molecule has 3 rings (SSSR count). The van der Waals surface area contributed by atoms with E-state index in [-0.39, 0.29) is 10.8 Å². The Kier molecular flexibility index (Phi) is 6.99. The van der Waals surface area contributed by atoms with E-state index in [0.717, 1.165) is 5.56 Å². The molecule has 1 aliphatic rings. The SMILES string of the molecule is COc1ccc(CCN(C)C(=O)C2CCCN2S(=O)(=O)c2ccccc2)cc1OC.